The topological polar surface area (TPSA) is 104 Å². The van der Waals surface area contributed by atoms with E-state index in [2.05, 4.69) is 15.4 Å². The monoisotopic (exact) mass is 407 g/mol. The van der Waals surface area contributed by atoms with Crippen LogP contribution in [0.4, 0.5) is 5.95 Å². The molecule has 3 rings (SSSR count). The molecule has 0 aliphatic rings. The average molecular weight is 407 g/mol. The van der Waals surface area contributed by atoms with E-state index in [1.54, 1.807) is 24.5 Å². The second-order valence-electron chi connectivity index (χ2n) is 6.52. The number of anilines is 1. The molecular weight excluding hydrogens is 382 g/mol. The zero-order chi connectivity index (χ0) is 21.3. The molecule has 0 aliphatic heterocycles. The van der Waals surface area contributed by atoms with Crippen molar-refractivity contribution in [1.82, 2.24) is 15.0 Å². The van der Waals surface area contributed by atoms with E-state index in [0.29, 0.717) is 30.6 Å². The van der Waals surface area contributed by atoms with Gasteiger partial charge in [-0.1, -0.05) is 30.3 Å². The quantitative estimate of drug-likeness (QED) is 0.531. The Morgan fingerprint density at radius 1 is 1.20 bits per heavy atom. The molecule has 8 heteroatoms. The fourth-order valence-corrected chi connectivity index (χ4v) is 2.71. The van der Waals surface area contributed by atoms with E-state index in [1.807, 2.05) is 50.2 Å². The van der Waals surface area contributed by atoms with Crippen LogP contribution in [0.2, 0.25) is 0 Å². The molecule has 0 unspecified atom stereocenters. The van der Waals surface area contributed by atoms with E-state index in [9.17, 15) is 4.79 Å². The number of aromatic nitrogens is 2. The van der Waals surface area contributed by atoms with Gasteiger partial charge in [-0.3, -0.25) is 4.79 Å². The van der Waals surface area contributed by atoms with Crippen molar-refractivity contribution in [1.29, 1.82) is 0 Å². The lowest BCUT2D eigenvalue weighted by Crippen LogP contribution is -2.28. The summed E-state index contributed by atoms with van der Waals surface area (Å²) in [5.41, 5.74) is 8.40. The van der Waals surface area contributed by atoms with Gasteiger partial charge in [0, 0.05) is 6.54 Å². The van der Waals surface area contributed by atoms with Gasteiger partial charge in [-0.15, -0.1) is 0 Å². The maximum atomic E-state index is 12.1. The van der Waals surface area contributed by atoms with E-state index in [0.717, 1.165) is 16.8 Å². The fraction of sp³-hybridized carbons (Fsp3) is 0.227. The molecule has 0 saturated carbocycles. The van der Waals surface area contributed by atoms with Crippen molar-refractivity contribution >= 4 is 18.1 Å². The minimum absolute atomic E-state index is 0.106. The molecule has 0 saturated heterocycles. The fourth-order valence-electron chi connectivity index (χ4n) is 2.71. The molecule has 1 aromatic heterocycles. The maximum Gasteiger partial charge on any atom is 0.258 e. The molecule has 1 amide bonds. The average Bonchev–Trinajstić information content (AvgIpc) is 3.08. The van der Waals surface area contributed by atoms with Gasteiger partial charge >= 0.3 is 0 Å². The van der Waals surface area contributed by atoms with Gasteiger partial charge in [0.15, 0.2) is 18.1 Å². The Morgan fingerprint density at radius 3 is 2.70 bits per heavy atom. The number of nitrogen functional groups attached to an aromatic ring is 1. The third-order valence-electron chi connectivity index (χ3n) is 4.12. The Hall–Kier alpha value is -3.81. The van der Waals surface area contributed by atoms with E-state index in [4.69, 9.17) is 15.2 Å². The Labute approximate surface area is 175 Å². The number of carbonyl (C=O) groups excluding carboxylic acids is 1. The number of benzene rings is 2. The molecule has 0 radical (unpaired) electrons. The summed E-state index contributed by atoms with van der Waals surface area (Å²) in [6.07, 6.45) is 3.39. The number of hydrogen-bond acceptors (Lipinski definition) is 6. The van der Waals surface area contributed by atoms with Gasteiger partial charge in [0.25, 0.3) is 5.91 Å². The molecule has 156 valence electrons. The summed E-state index contributed by atoms with van der Waals surface area (Å²) in [5.74, 6) is 1.13. The predicted octanol–water partition coefficient (Wildman–Crippen LogP) is 2.75. The van der Waals surface area contributed by atoms with Crippen LogP contribution in [0.25, 0.3) is 0 Å². The number of ether oxygens (including phenoxy) is 2. The van der Waals surface area contributed by atoms with Crippen LogP contribution in [-0.4, -0.2) is 35.0 Å². The second kappa shape index (κ2) is 10.1. The Kier molecular flexibility index (Phi) is 7.05. The molecule has 0 fully saturated rings. The Balaban J connectivity index is 1.61. The van der Waals surface area contributed by atoms with Gasteiger partial charge in [-0.05, 0) is 43.2 Å². The van der Waals surface area contributed by atoms with Crippen LogP contribution in [0.5, 0.6) is 11.5 Å². The largest absolute Gasteiger partial charge is 0.490 e. The lowest BCUT2D eigenvalue weighted by atomic mass is 10.2. The highest BCUT2D eigenvalue weighted by Gasteiger charge is 2.09. The highest BCUT2D eigenvalue weighted by atomic mass is 16.5. The number of nitrogens with two attached hydrogens (primary N) is 1. The third-order valence-corrected chi connectivity index (χ3v) is 4.12. The van der Waals surface area contributed by atoms with E-state index >= 15 is 0 Å². The van der Waals surface area contributed by atoms with Gasteiger partial charge in [0.1, 0.15) is 0 Å². The summed E-state index contributed by atoms with van der Waals surface area (Å²) in [6.45, 7) is 4.54. The zero-order valence-electron chi connectivity index (χ0n) is 17.0. The molecule has 0 bridgehead atoms. The van der Waals surface area contributed by atoms with Crippen molar-refractivity contribution in [2.75, 3.05) is 18.9 Å². The molecule has 2 aromatic carbocycles. The van der Waals surface area contributed by atoms with Crippen LogP contribution in [0.1, 0.15) is 23.7 Å². The van der Waals surface area contributed by atoms with Gasteiger partial charge in [0.2, 0.25) is 5.95 Å². The van der Waals surface area contributed by atoms with Gasteiger partial charge < -0.3 is 20.5 Å². The van der Waals surface area contributed by atoms with Crippen molar-refractivity contribution in [2.45, 2.75) is 20.4 Å². The number of nitrogens with one attached hydrogen (secondary N) is 1. The van der Waals surface area contributed by atoms with E-state index in [1.165, 1.54) is 4.68 Å². The molecule has 1 heterocycles. The second-order valence-corrected chi connectivity index (χ2v) is 6.52. The third kappa shape index (κ3) is 5.84. The molecule has 3 aromatic rings. The normalized spacial score (nSPS) is 10.9. The summed E-state index contributed by atoms with van der Waals surface area (Å²) in [7, 11) is 0. The summed E-state index contributed by atoms with van der Waals surface area (Å²) < 4.78 is 12.8. The van der Waals surface area contributed by atoms with Crippen LogP contribution in [-0.2, 0) is 11.3 Å². The summed E-state index contributed by atoms with van der Waals surface area (Å²) >= 11 is 0. The molecule has 0 atom stereocenters. The number of carbonyl (C=O) groups is 1. The highest BCUT2D eigenvalue weighted by Crippen LogP contribution is 2.28. The smallest absolute Gasteiger partial charge is 0.258 e. The standard InChI is InChI=1S/C22H25N5O3/c1-3-29-20-11-18(13-25-27-14-16(2)26-22(27)23)9-10-19(20)30-15-21(28)24-12-17-7-5-4-6-8-17/h4-11,13-14H,3,12,15H2,1-2H3,(H2,23,26)(H,24,28). The van der Waals surface area contributed by atoms with E-state index < -0.39 is 0 Å². The molecule has 30 heavy (non-hydrogen) atoms. The van der Waals surface area contributed by atoms with E-state index in [-0.39, 0.29) is 12.5 Å². The van der Waals surface area contributed by atoms with Crippen molar-refractivity contribution in [3.05, 3.63) is 71.5 Å². The van der Waals surface area contributed by atoms with Gasteiger partial charge in [-0.25, -0.2) is 9.66 Å². The zero-order valence-corrected chi connectivity index (χ0v) is 17.0. The Morgan fingerprint density at radius 2 is 2.00 bits per heavy atom. The van der Waals surface area contributed by atoms with Crippen LogP contribution in [0, 0.1) is 6.92 Å². The number of hydrogen-bond donors (Lipinski definition) is 2. The molecular formula is C22H25N5O3. The predicted molar refractivity (Wildman–Crippen MR) is 116 cm³/mol. The Bertz CT molecular complexity index is 1010. The minimum Gasteiger partial charge on any atom is -0.490 e. The number of nitrogens with zero attached hydrogens (tertiary/aromatic N) is 3. The number of aryl methyl sites for hydroxylation is 1. The van der Waals surface area contributed by atoms with Gasteiger partial charge in [0.05, 0.1) is 24.7 Å². The first-order valence-corrected chi connectivity index (χ1v) is 9.61. The summed E-state index contributed by atoms with van der Waals surface area (Å²) in [4.78, 5) is 16.2. The molecule has 8 nitrogen and oxygen atoms in total. The van der Waals surface area contributed by atoms with Crippen molar-refractivity contribution in [3.63, 3.8) is 0 Å². The van der Waals surface area contributed by atoms with Crippen LogP contribution in [0.3, 0.4) is 0 Å². The molecule has 3 N–H and O–H groups in total. The summed E-state index contributed by atoms with van der Waals surface area (Å²) in [6, 6.07) is 15.1. The maximum absolute atomic E-state index is 12.1. The molecule has 0 spiro atoms. The first-order valence-electron chi connectivity index (χ1n) is 9.61. The number of imidazole rings is 1. The minimum atomic E-state index is -0.210. The van der Waals surface area contributed by atoms with Crippen LogP contribution >= 0.6 is 0 Å². The number of amides is 1. The highest BCUT2D eigenvalue weighted by molar-refractivity contribution is 5.81. The SMILES string of the molecule is CCOc1cc(C=Nn2cc(C)nc2N)ccc1OCC(=O)NCc1ccccc1. The first-order chi connectivity index (χ1) is 14.5. The van der Waals surface area contributed by atoms with Gasteiger partial charge in [-0.2, -0.15) is 5.10 Å². The lowest BCUT2D eigenvalue weighted by Gasteiger charge is -2.12. The van der Waals surface area contributed by atoms with Crippen molar-refractivity contribution < 1.29 is 14.3 Å². The lowest BCUT2D eigenvalue weighted by molar-refractivity contribution is -0.123. The number of rotatable bonds is 9. The van der Waals surface area contributed by atoms with Crippen molar-refractivity contribution in [2.24, 2.45) is 5.10 Å². The molecule has 0 aliphatic carbocycles. The van der Waals surface area contributed by atoms with Crippen LogP contribution in [0.15, 0.2) is 59.8 Å². The summed E-state index contributed by atoms with van der Waals surface area (Å²) in [5, 5.41) is 7.13. The van der Waals surface area contributed by atoms with Crippen LogP contribution < -0.4 is 20.5 Å². The van der Waals surface area contributed by atoms with Crippen molar-refractivity contribution in [3.8, 4) is 11.5 Å². The first kappa shape index (κ1) is 20.9.